The van der Waals surface area contributed by atoms with Gasteiger partial charge in [-0.15, -0.1) is 0 Å². The van der Waals surface area contributed by atoms with Gasteiger partial charge in [-0.05, 0) is 38.1 Å². The first-order valence-electron chi connectivity index (χ1n) is 10.5. The molecule has 3 heterocycles. The van der Waals surface area contributed by atoms with Gasteiger partial charge in [-0.3, -0.25) is 14.5 Å². The molecule has 8 heteroatoms. The highest BCUT2D eigenvalue weighted by Crippen LogP contribution is 2.26. The lowest BCUT2D eigenvalue weighted by atomic mass is 9.97. The van der Waals surface area contributed by atoms with Crippen LogP contribution in [-0.2, 0) is 4.79 Å². The van der Waals surface area contributed by atoms with Gasteiger partial charge in [0.25, 0.3) is 5.91 Å². The number of hydrogen-bond donors (Lipinski definition) is 1. The van der Waals surface area contributed by atoms with E-state index in [0.29, 0.717) is 22.7 Å². The molecule has 7 nitrogen and oxygen atoms in total. The van der Waals surface area contributed by atoms with Gasteiger partial charge in [0.2, 0.25) is 6.41 Å². The molecule has 29 heavy (non-hydrogen) atoms. The van der Waals surface area contributed by atoms with Gasteiger partial charge in [0.15, 0.2) is 0 Å². The fraction of sp³-hybridized carbons (Fsp3) is 0.619. The van der Waals surface area contributed by atoms with Gasteiger partial charge in [0.05, 0.1) is 16.6 Å². The van der Waals surface area contributed by atoms with Crippen molar-refractivity contribution in [1.29, 1.82) is 0 Å². The number of piperazine rings is 1. The van der Waals surface area contributed by atoms with Crippen molar-refractivity contribution in [2.45, 2.75) is 24.9 Å². The molecule has 1 aromatic rings. The second-order valence-corrected chi connectivity index (χ2v) is 8.87. The summed E-state index contributed by atoms with van der Waals surface area (Å²) in [6, 6.07) is 6.65. The fourth-order valence-corrected chi connectivity index (χ4v) is 4.71. The van der Waals surface area contributed by atoms with Crippen molar-refractivity contribution in [2.75, 3.05) is 64.7 Å². The molecule has 0 unspecified atom stereocenters. The summed E-state index contributed by atoms with van der Waals surface area (Å²) >= 11 is 6.45. The molecular formula is C21H30ClN5O2. The zero-order chi connectivity index (χ0) is 20.4. The summed E-state index contributed by atoms with van der Waals surface area (Å²) in [5, 5.41) is 4.05. The van der Waals surface area contributed by atoms with Crippen LogP contribution in [0.4, 0.5) is 5.69 Å². The SMILES string of the molecule is CN1CCN(C(=O)c2ccc(NC3CN(C4CCN(C=O)CC4)C3)cc2Cl)CC1. The number of anilines is 1. The van der Waals surface area contributed by atoms with E-state index in [1.807, 2.05) is 28.0 Å². The van der Waals surface area contributed by atoms with E-state index in [1.165, 1.54) is 0 Å². The van der Waals surface area contributed by atoms with Crippen molar-refractivity contribution in [3.8, 4) is 0 Å². The fourth-order valence-electron chi connectivity index (χ4n) is 4.45. The summed E-state index contributed by atoms with van der Waals surface area (Å²) in [7, 11) is 2.07. The molecular weight excluding hydrogens is 390 g/mol. The van der Waals surface area contributed by atoms with E-state index in [4.69, 9.17) is 11.6 Å². The Morgan fingerprint density at radius 2 is 1.79 bits per heavy atom. The molecule has 0 spiro atoms. The Bertz CT molecular complexity index is 739. The minimum Gasteiger partial charge on any atom is -0.380 e. The predicted octanol–water partition coefficient (Wildman–Crippen LogP) is 1.44. The van der Waals surface area contributed by atoms with Crippen LogP contribution in [0.3, 0.4) is 0 Å². The van der Waals surface area contributed by atoms with E-state index >= 15 is 0 Å². The number of likely N-dealkylation sites (tertiary alicyclic amines) is 2. The molecule has 1 N–H and O–H groups in total. The highest BCUT2D eigenvalue weighted by molar-refractivity contribution is 6.34. The van der Waals surface area contributed by atoms with Crippen LogP contribution >= 0.6 is 11.6 Å². The Labute approximate surface area is 177 Å². The first kappa shape index (κ1) is 20.4. The van der Waals surface area contributed by atoms with Crippen molar-refractivity contribution in [3.63, 3.8) is 0 Å². The van der Waals surface area contributed by atoms with Crippen molar-refractivity contribution in [3.05, 3.63) is 28.8 Å². The average Bonchev–Trinajstić information content (AvgIpc) is 2.71. The first-order chi connectivity index (χ1) is 14.0. The summed E-state index contributed by atoms with van der Waals surface area (Å²) in [6.07, 6.45) is 3.07. The van der Waals surface area contributed by atoms with Gasteiger partial charge in [-0.1, -0.05) is 11.6 Å². The highest BCUT2D eigenvalue weighted by atomic mass is 35.5. The molecule has 0 radical (unpaired) electrons. The number of rotatable bonds is 5. The smallest absolute Gasteiger partial charge is 0.255 e. The standard InChI is InChI=1S/C21H30ClN5O2/c1-24-8-10-26(11-9-24)21(29)19-3-2-16(12-20(19)22)23-17-13-27(14-17)18-4-6-25(15-28)7-5-18/h2-3,12,15,17-18,23H,4-11,13-14H2,1H3. The van der Waals surface area contributed by atoms with Gasteiger partial charge in [-0.25, -0.2) is 0 Å². The quantitative estimate of drug-likeness (QED) is 0.732. The van der Waals surface area contributed by atoms with Crippen molar-refractivity contribution < 1.29 is 9.59 Å². The molecule has 4 rings (SSSR count). The molecule has 2 amide bonds. The third kappa shape index (κ3) is 4.68. The summed E-state index contributed by atoms with van der Waals surface area (Å²) < 4.78 is 0. The summed E-state index contributed by atoms with van der Waals surface area (Å²) in [4.78, 5) is 32.1. The van der Waals surface area contributed by atoms with Crippen molar-refractivity contribution in [1.82, 2.24) is 19.6 Å². The Balaban J connectivity index is 1.27. The van der Waals surface area contributed by atoms with Crippen LogP contribution in [-0.4, -0.2) is 103 Å². The molecule has 0 aliphatic carbocycles. The van der Waals surface area contributed by atoms with Crippen LogP contribution in [0.5, 0.6) is 0 Å². The molecule has 0 saturated carbocycles. The van der Waals surface area contributed by atoms with E-state index in [-0.39, 0.29) is 5.91 Å². The molecule has 3 aliphatic rings. The number of benzene rings is 1. The van der Waals surface area contributed by atoms with E-state index in [9.17, 15) is 9.59 Å². The second-order valence-electron chi connectivity index (χ2n) is 8.46. The zero-order valence-corrected chi connectivity index (χ0v) is 17.8. The highest BCUT2D eigenvalue weighted by Gasteiger charge is 2.34. The number of nitrogens with zero attached hydrogens (tertiary/aromatic N) is 4. The van der Waals surface area contributed by atoms with Crippen LogP contribution in [0, 0.1) is 0 Å². The minimum atomic E-state index is 0.0196. The van der Waals surface area contributed by atoms with Gasteiger partial charge in [0, 0.05) is 64.1 Å². The van der Waals surface area contributed by atoms with Crippen LogP contribution in [0.2, 0.25) is 5.02 Å². The molecule has 1 aromatic carbocycles. The van der Waals surface area contributed by atoms with E-state index in [2.05, 4.69) is 22.2 Å². The number of halogens is 1. The molecule has 0 bridgehead atoms. The van der Waals surface area contributed by atoms with E-state index < -0.39 is 0 Å². The first-order valence-corrected chi connectivity index (χ1v) is 10.9. The normalized spacial score (nSPS) is 22.4. The summed E-state index contributed by atoms with van der Waals surface area (Å²) in [5.74, 6) is 0.0196. The topological polar surface area (TPSA) is 59.1 Å². The summed E-state index contributed by atoms with van der Waals surface area (Å²) in [6.45, 7) is 7.02. The van der Waals surface area contributed by atoms with Gasteiger partial charge in [-0.2, -0.15) is 0 Å². The lowest BCUT2D eigenvalue weighted by Crippen LogP contribution is -2.60. The van der Waals surface area contributed by atoms with Crippen molar-refractivity contribution in [2.24, 2.45) is 0 Å². The maximum absolute atomic E-state index is 12.8. The molecule has 0 aromatic heterocycles. The Morgan fingerprint density at radius 1 is 1.10 bits per heavy atom. The third-order valence-electron chi connectivity index (χ3n) is 6.44. The zero-order valence-electron chi connectivity index (χ0n) is 17.0. The Morgan fingerprint density at radius 3 is 2.41 bits per heavy atom. The lowest BCUT2D eigenvalue weighted by Gasteiger charge is -2.47. The van der Waals surface area contributed by atoms with Crippen LogP contribution in [0.15, 0.2) is 18.2 Å². The van der Waals surface area contributed by atoms with Crippen LogP contribution in [0.25, 0.3) is 0 Å². The number of carbonyl (C=O) groups excluding carboxylic acids is 2. The van der Waals surface area contributed by atoms with Gasteiger partial charge < -0.3 is 20.0 Å². The van der Waals surface area contributed by atoms with Crippen LogP contribution in [0.1, 0.15) is 23.2 Å². The maximum Gasteiger partial charge on any atom is 0.255 e. The minimum absolute atomic E-state index is 0.0196. The van der Waals surface area contributed by atoms with E-state index in [0.717, 1.165) is 77.3 Å². The number of likely N-dealkylation sites (N-methyl/N-ethyl adjacent to an activating group) is 1. The Hall–Kier alpha value is -1.83. The molecule has 3 fully saturated rings. The maximum atomic E-state index is 12.8. The monoisotopic (exact) mass is 419 g/mol. The number of hydrogen-bond acceptors (Lipinski definition) is 5. The van der Waals surface area contributed by atoms with Crippen molar-refractivity contribution >= 4 is 29.6 Å². The molecule has 0 atom stereocenters. The van der Waals surface area contributed by atoms with Crippen LogP contribution < -0.4 is 5.32 Å². The van der Waals surface area contributed by atoms with E-state index in [1.54, 1.807) is 0 Å². The predicted molar refractivity (Wildman–Crippen MR) is 114 cm³/mol. The number of amides is 2. The molecule has 3 aliphatic heterocycles. The third-order valence-corrected chi connectivity index (χ3v) is 6.75. The second kappa shape index (κ2) is 8.90. The van der Waals surface area contributed by atoms with Gasteiger partial charge in [0.1, 0.15) is 0 Å². The molecule has 3 saturated heterocycles. The largest absolute Gasteiger partial charge is 0.380 e. The average molecular weight is 420 g/mol. The Kier molecular flexibility index (Phi) is 6.27. The van der Waals surface area contributed by atoms with Gasteiger partial charge >= 0.3 is 0 Å². The number of carbonyl (C=O) groups is 2. The molecule has 158 valence electrons. The number of nitrogens with one attached hydrogen (secondary N) is 1. The summed E-state index contributed by atoms with van der Waals surface area (Å²) in [5.41, 5.74) is 1.55. The lowest BCUT2D eigenvalue weighted by molar-refractivity contribution is -0.119. The number of piperidine rings is 1.